The molecule has 0 bridgehead atoms. The van der Waals surface area contributed by atoms with Gasteiger partial charge in [0.1, 0.15) is 0 Å². The highest BCUT2D eigenvalue weighted by atomic mass is 14.9. The summed E-state index contributed by atoms with van der Waals surface area (Å²) in [6.07, 6.45) is 16.4. The van der Waals surface area contributed by atoms with Crippen LogP contribution in [0.2, 0.25) is 0 Å². The van der Waals surface area contributed by atoms with E-state index in [1.54, 1.807) is 0 Å². The molecule has 3 nitrogen and oxygen atoms in total. The molecule has 23 heavy (non-hydrogen) atoms. The Kier molecular flexibility index (Phi) is 6.79. The van der Waals surface area contributed by atoms with Crippen molar-refractivity contribution in [1.29, 1.82) is 0 Å². The zero-order valence-electron chi connectivity index (χ0n) is 13.6. The summed E-state index contributed by atoms with van der Waals surface area (Å²) in [4.78, 5) is 0. The summed E-state index contributed by atoms with van der Waals surface area (Å²) in [5.74, 6) is 0. The van der Waals surface area contributed by atoms with Crippen molar-refractivity contribution in [3.05, 3.63) is 90.0 Å². The van der Waals surface area contributed by atoms with E-state index >= 15 is 0 Å². The van der Waals surface area contributed by atoms with Crippen molar-refractivity contribution < 1.29 is 0 Å². The number of nitrogens with one attached hydrogen (secondary N) is 2. The first-order valence-corrected chi connectivity index (χ1v) is 7.99. The van der Waals surface area contributed by atoms with Crippen LogP contribution >= 0.6 is 0 Å². The SMILES string of the molecule is C/C=C(\C=C/CNC1=C/C=C(/N)CCC=C1)Nc1ccccc1. The van der Waals surface area contributed by atoms with Crippen LogP contribution in [-0.2, 0) is 0 Å². The van der Waals surface area contributed by atoms with Gasteiger partial charge in [-0.3, -0.25) is 0 Å². The second kappa shape index (κ2) is 9.36. The number of allylic oxidation sites excluding steroid dienone is 7. The fourth-order valence-corrected chi connectivity index (χ4v) is 2.17. The Labute approximate surface area is 139 Å². The molecule has 0 spiro atoms. The quantitative estimate of drug-likeness (QED) is 0.690. The predicted octanol–water partition coefficient (Wildman–Crippen LogP) is 4.22. The molecule has 0 radical (unpaired) electrons. The highest BCUT2D eigenvalue weighted by Gasteiger charge is 1.95. The smallest absolute Gasteiger partial charge is 0.0384 e. The van der Waals surface area contributed by atoms with Crippen molar-refractivity contribution in [2.75, 3.05) is 11.9 Å². The second-order valence-corrected chi connectivity index (χ2v) is 5.32. The first kappa shape index (κ1) is 16.7. The Morgan fingerprint density at radius 2 is 2.04 bits per heavy atom. The minimum absolute atomic E-state index is 0.762. The van der Waals surface area contributed by atoms with E-state index < -0.39 is 0 Å². The van der Waals surface area contributed by atoms with Crippen molar-refractivity contribution >= 4 is 5.69 Å². The van der Waals surface area contributed by atoms with Gasteiger partial charge in [-0.2, -0.15) is 0 Å². The largest absolute Gasteiger partial charge is 0.402 e. The fourth-order valence-electron chi connectivity index (χ4n) is 2.17. The zero-order chi connectivity index (χ0) is 16.3. The Balaban J connectivity index is 1.85. The maximum Gasteiger partial charge on any atom is 0.0384 e. The van der Waals surface area contributed by atoms with E-state index in [9.17, 15) is 0 Å². The average Bonchev–Trinajstić information content (AvgIpc) is 2.57. The van der Waals surface area contributed by atoms with Gasteiger partial charge in [-0.05, 0) is 56.2 Å². The van der Waals surface area contributed by atoms with E-state index in [-0.39, 0.29) is 0 Å². The van der Waals surface area contributed by atoms with Gasteiger partial charge in [-0.25, -0.2) is 0 Å². The molecule has 0 saturated carbocycles. The van der Waals surface area contributed by atoms with Gasteiger partial charge in [-0.15, -0.1) is 0 Å². The van der Waals surface area contributed by atoms with Gasteiger partial charge in [0.2, 0.25) is 0 Å². The van der Waals surface area contributed by atoms with Gasteiger partial charge in [0.15, 0.2) is 0 Å². The maximum atomic E-state index is 5.88. The molecule has 0 amide bonds. The van der Waals surface area contributed by atoms with Crippen LogP contribution in [0.15, 0.2) is 90.0 Å². The molecular weight excluding hydrogens is 282 g/mol. The van der Waals surface area contributed by atoms with Gasteiger partial charge in [0, 0.05) is 29.3 Å². The number of nitrogens with two attached hydrogens (primary N) is 1. The van der Waals surface area contributed by atoms with E-state index in [4.69, 9.17) is 5.73 Å². The summed E-state index contributed by atoms with van der Waals surface area (Å²) in [7, 11) is 0. The molecule has 1 aromatic carbocycles. The van der Waals surface area contributed by atoms with Crippen LogP contribution in [0.25, 0.3) is 0 Å². The van der Waals surface area contributed by atoms with E-state index in [0.717, 1.165) is 42.2 Å². The summed E-state index contributed by atoms with van der Waals surface area (Å²) in [6.45, 7) is 2.79. The molecule has 0 aromatic heterocycles. The number of rotatable bonds is 6. The van der Waals surface area contributed by atoms with Crippen LogP contribution in [-0.4, -0.2) is 6.54 Å². The summed E-state index contributed by atoms with van der Waals surface area (Å²) >= 11 is 0. The number of benzene rings is 1. The lowest BCUT2D eigenvalue weighted by atomic mass is 10.1. The zero-order valence-corrected chi connectivity index (χ0v) is 13.6. The summed E-state index contributed by atoms with van der Waals surface area (Å²) < 4.78 is 0. The highest BCUT2D eigenvalue weighted by Crippen LogP contribution is 2.10. The first-order chi connectivity index (χ1) is 11.3. The molecule has 0 heterocycles. The number of anilines is 1. The molecule has 0 fully saturated rings. The summed E-state index contributed by atoms with van der Waals surface area (Å²) in [5.41, 5.74) is 10.0. The first-order valence-electron chi connectivity index (χ1n) is 7.99. The molecule has 0 atom stereocenters. The second-order valence-electron chi connectivity index (χ2n) is 5.32. The van der Waals surface area contributed by atoms with Crippen molar-refractivity contribution in [2.45, 2.75) is 19.8 Å². The molecule has 0 saturated heterocycles. The van der Waals surface area contributed by atoms with Crippen LogP contribution < -0.4 is 16.4 Å². The van der Waals surface area contributed by atoms with Crippen LogP contribution in [0.3, 0.4) is 0 Å². The van der Waals surface area contributed by atoms with Crippen molar-refractivity contribution in [3.8, 4) is 0 Å². The monoisotopic (exact) mass is 307 g/mol. The Hall–Kier alpha value is -2.68. The van der Waals surface area contributed by atoms with Crippen LogP contribution in [0.4, 0.5) is 5.69 Å². The van der Waals surface area contributed by atoms with E-state index in [1.807, 2.05) is 37.3 Å². The predicted molar refractivity (Wildman–Crippen MR) is 99.7 cm³/mol. The third-order valence-corrected chi connectivity index (χ3v) is 3.47. The van der Waals surface area contributed by atoms with Crippen molar-refractivity contribution in [2.24, 2.45) is 5.73 Å². The minimum Gasteiger partial charge on any atom is -0.402 e. The molecule has 0 aliphatic heterocycles. The average molecular weight is 307 g/mol. The van der Waals surface area contributed by atoms with E-state index in [1.165, 1.54) is 0 Å². The van der Waals surface area contributed by atoms with Crippen molar-refractivity contribution in [1.82, 2.24) is 5.32 Å². The number of para-hydroxylation sites is 1. The molecular formula is C20H25N3. The fraction of sp³-hybridized carbons (Fsp3) is 0.200. The molecule has 4 N–H and O–H groups in total. The molecule has 2 rings (SSSR count). The summed E-state index contributed by atoms with van der Waals surface area (Å²) in [5, 5.41) is 6.77. The Bertz CT molecular complexity index is 634. The van der Waals surface area contributed by atoms with Crippen molar-refractivity contribution in [3.63, 3.8) is 0 Å². The number of hydrogen-bond donors (Lipinski definition) is 3. The minimum atomic E-state index is 0.762. The Morgan fingerprint density at radius 1 is 1.22 bits per heavy atom. The van der Waals surface area contributed by atoms with E-state index in [2.05, 4.69) is 53.1 Å². The van der Waals surface area contributed by atoms with Gasteiger partial charge in [-0.1, -0.05) is 36.4 Å². The van der Waals surface area contributed by atoms with E-state index in [0.29, 0.717) is 0 Å². The van der Waals surface area contributed by atoms with Gasteiger partial charge < -0.3 is 16.4 Å². The lowest BCUT2D eigenvalue weighted by Gasteiger charge is -2.08. The third kappa shape index (κ3) is 6.30. The van der Waals surface area contributed by atoms with Crippen LogP contribution in [0.5, 0.6) is 0 Å². The van der Waals surface area contributed by atoms with Crippen LogP contribution in [0.1, 0.15) is 19.8 Å². The Morgan fingerprint density at radius 3 is 2.83 bits per heavy atom. The lowest BCUT2D eigenvalue weighted by Crippen LogP contribution is -2.12. The molecule has 1 aromatic rings. The lowest BCUT2D eigenvalue weighted by molar-refractivity contribution is 0.910. The molecule has 0 unspecified atom stereocenters. The standard InChI is InChI=1S/C20H25N3/c1-2-18(23-20-11-4-3-5-12-20)13-8-16-22-19-10-7-6-9-17(21)14-15-19/h2-5,7-8,10-15,22-23H,6,9,16,21H2,1H3/b10-7?,13-8-,17-14+,18-2+,19-15?. The van der Waals surface area contributed by atoms with Crippen LogP contribution in [0, 0.1) is 0 Å². The van der Waals surface area contributed by atoms with Gasteiger partial charge in [0.25, 0.3) is 0 Å². The van der Waals surface area contributed by atoms with Gasteiger partial charge in [0.05, 0.1) is 0 Å². The number of hydrogen-bond acceptors (Lipinski definition) is 3. The van der Waals surface area contributed by atoms with Gasteiger partial charge >= 0.3 is 0 Å². The maximum absolute atomic E-state index is 5.88. The third-order valence-electron chi connectivity index (χ3n) is 3.47. The highest BCUT2D eigenvalue weighted by molar-refractivity contribution is 5.50. The molecule has 120 valence electrons. The molecule has 1 aliphatic rings. The normalized spacial score (nSPS) is 17.9. The topological polar surface area (TPSA) is 50.1 Å². The molecule has 1 aliphatic carbocycles. The summed E-state index contributed by atoms with van der Waals surface area (Å²) in [6, 6.07) is 10.2. The molecule has 3 heteroatoms.